The van der Waals surface area contributed by atoms with E-state index in [1.165, 1.54) is 24.3 Å². The Morgan fingerprint density at radius 3 is 2.51 bits per heavy atom. The van der Waals surface area contributed by atoms with Crippen LogP contribution < -0.4 is 5.32 Å². The molecule has 2 heterocycles. The summed E-state index contributed by atoms with van der Waals surface area (Å²) >= 11 is 0. The molecule has 214 valence electrons. The van der Waals surface area contributed by atoms with E-state index >= 15 is 0 Å². The van der Waals surface area contributed by atoms with Gasteiger partial charge in [-0.15, -0.1) is 0 Å². The predicted octanol–water partition coefficient (Wildman–Crippen LogP) is 4.13. The minimum Gasteiger partial charge on any atom is -0.462 e. The highest BCUT2D eigenvalue weighted by atomic mass is 32.2. The molecule has 9 nitrogen and oxygen atoms in total. The summed E-state index contributed by atoms with van der Waals surface area (Å²) in [7, 11) is -3.37. The van der Waals surface area contributed by atoms with Crippen molar-refractivity contribution in [3.8, 4) is 0 Å². The Hall–Kier alpha value is -2.72. The van der Waals surface area contributed by atoms with Gasteiger partial charge in [0.2, 0.25) is 0 Å². The molecule has 0 spiro atoms. The highest BCUT2D eigenvalue weighted by Crippen LogP contribution is 2.30. The van der Waals surface area contributed by atoms with Crippen molar-refractivity contribution in [2.24, 2.45) is 5.41 Å². The quantitative estimate of drug-likeness (QED) is 0.484. The first kappa shape index (κ1) is 29.3. The first-order chi connectivity index (χ1) is 18.6. The molecule has 4 rings (SSSR count). The van der Waals surface area contributed by atoms with Gasteiger partial charge in [0.25, 0.3) is 5.91 Å². The zero-order chi connectivity index (χ0) is 28.0. The van der Waals surface area contributed by atoms with Gasteiger partial charge in [0.1, 0.15) is 5.69 Å². The van der Waals surface area contributed by atoms with E-state index in [-0.39, 0.29) is 22.7 Å². The molecule has 10 heteroatoms. The average molecular weight is 560 g/mol. The number of rotatable bonds is 8. The van der Waals surface area contributed by atoms with Crippen LogP contribution >= 0.6 is 0 Å². The van der Waals surface area contributed by atoms with Gasteiger partial charge in [0, 0.05) is 43.7 Å². The number of aryl methyl sites for hydroxylation is 1. The van der Waals surface area contributed by atoms with E-state index in [2.05, 4.69) is 5.32 Å². The van der Waals surface area contributed by atoms with Crippen LogP contribution in [0, 0.1) is 5.41 Å². The minimum absolute atomic E-state index is 0.116. The molecule has 0 atom stereocenters. The highest BCUT2D eigenvalue weighted by molar-refractivity contribution is 7.92. The molecule has 1 aliphatic carbocycles. The summed E-state index contributed by atoms with van der Waals surface area (Å²) in [6.45, 7) is 8.51. The molecule has 0 bridgehead atoms. The van der Waals surface area contributed by atoms with Gasteiger partial charge < -0.3 is 14.8 Å². The van der Waals surface area contributed by atoms with Gasteiger partial charge in [0.05, 0.1) is 28.0 Å². The topological polar surface area (TPSA) is 117 Å². The summed E-state index contributed by atoms with van der Waals surface area (Å²) in [4.78, 5) is 26.1. The second-order valence-electron chi connectivity index (χ2n) is 11.3. The maximum atomic E-state index is 13.0. The van der Waals surface area contributed by atoms with Gasteiger partial charge in [-0.1, -0.05) is 26.7 Å². The van der Waals surface area contributed by atoms with Crippen LogP contribution in [0.3, 0.4) is 0 Å². The number of fused-ring (bicyclic) bond motifs is 1. The number of nitrogens with one attached hydrogen (secondary N) is 1. The third kappa shape index (κ3) is 7.08. The van der Waals surface area contributed by atoms with E-state index in [0.29, 0.717) is 63.2 Å². The van der Waals surface area contributed by atoms with Crippen molar-refractivity contribution in [1.82, 2.24) is 15.1 Å². The number of aromatic nitrogens is 2. The number of nitrogens with zero attached hydrogens (tertiary/aromatic N) is 2. The number of sulfone groups is 1. The maximum Gasteiger partial charge on any atom is 0.338 e. The van der Waals surface area contributed by atoms with Gasteiger partial charge in [-0.3, -0.25) is 9.48 Å². The molecular formula is C29H41N3O6S. The van der Waals surface area contributed by atoms with Crippen LogP contribution in [0.2, 0.25) is 0 Å². The number of benzene rings is 1. The lowest BCUT2D eigenvalue weighted by atomic mass is 9.86. The minimum atomic E-state index is -3.37. The Balaban J connectivity index is 1.43. The standard InChI is InChI=1S/C29H41N3O6S/c1-4-32-26-24(11-7-17-37-18-8-16-30-27(26)33)25(31-32)19-29(2,3)20-38-28(34)21-12-14-23(15-13-21)39(35,36)22-9-5-6-10-22/h12-15,22H,4-11,16-20H2,1-3H3,(H,30,33). The second-order valence-corrected chi connectivity index (χ2v) is 13.5. The summed E-state index contributed by atoms with van der Waals surface area (Å²) < 4.78 is 38.8. The van der Waals surface area contributed by atoms with E-state index in [9.17, 15) is 18.0 Å². The van der Waals surface area contributed by atoms with Crippen LogP contribution in [0.1, 0.15) is 91.4 Å². The number of carbonyl (C=O) groups is 2. The van der Waals surface area contributed by atoms with Crippen LogP contribution in [0.25, 0.3) is 0 Å². The van der Waals surface area contributed by atoms with Crippen LogP contribution in [-0.2, 0) is 38.7 Å². The molecular weight excluding hydrogens is 518 g/mol. The molecule has 39 heavy (non-hydrogen) atoms. The van der Waals surface area contributed by atoms with Gasteiger partial charge in [-0.2, -0.15) is 5.10 Å². The molecule has 1 aromatic carbocycles. The Labute approximate surface area is 231 Å². The molecule has 2 aromatic rings. The van der Waals surface area contributed by atoms with Crippen LogP contribution in [-0.4, -0.2) is 61.7 Å². The second kappa shape index (κ2) is 12.6. The van der Waals surface area contributed by atoms with Crippen molar-refractivity contribution in [1.29, 1.82) is 0 Å². The summed E-state index contributed by atoms with van der Waals surface area (Å²) in [6.07, 6.45) is 6.04. The van der Waals surface area contributed by atoms with Crippen molar-refractivity contribution in [3.63, 3.8) is 0 Å². The van der Waals surface area contributed by atoms with E-state index in [4.69, 9.17) is 14.6 Å². The van der Waals surface area contributed by atoms with E-state index in [0.717, 1.165) is 36.9 Å². The van der Waals surface area contributed by atoms with Gasteiger partial charge in [-0.25, -0.2) is 13.2 Å². The van der Waals surface area contributed by atoms with Gasteiger partial charge in [0.15, 0.2) is 9.84 Å². The average Bonchev–Trinajstić information content (AvgIpc) is 3.57. The third-order valence-corrected chi connectivity index (χ3v) is 9.79. The monoisotopic (exact) mass is 559 g/mol. The summed E-state index contributed by atoms with van der Waals surface area (Å²) in [6, 6.07) is 6.06. The largest absolute Gasteiger partial charge is 0.462 e. The number of ether oxygens (including phenoxy) is 2. The Morgan fingerprint density at radius 2 is 1.82 bits per heavy atom. The summed E-state index contributed by atoms with van der Waals surface area (Å²) in [5.41, 5.74) is 2.25. The Kier molecular flexibility index (Phi) is 9.48. The van der Waals surface area contributed by atoms with E-state index in [1.807, 2.05) is 20.8 Å². The number of hydrogen-bond donors (Lipinski definition) is 1. The molecule has 2 aliphatic rings. The van der Waals surface area contributed by atoms with Crippen molar-refractivity contribution < 1.29 is 27.5 Å². The summed E-state index contributed by atoms with van der Waals surface area (Å²) in [5.74, 6) is -0.613. The van der Waals surface area contributed by atoms with Crippen LogP contribution in [0.5, 0.6) is 0 Å². The lowest BCUT2D eigenvalue weighted by Gasteiger charge is -2.24. The van der Waals surface area contributed by atoms with Gasteiger partial charge >= 0.3 is 5.97 Å². The van der Waals surface area contributed by atoms with Crippen LogP contribution in [0.15, 0.2) is 29.2 Å². The Morgan fingerprint density at radius 1 is 1.13 bits per heavy atom. The fraction of sp³-hybridized carbons (Fsp3) is 0.621. The number of amides is 1. The first-order valence-corrected chi connectivity index (χ1v) is 15.6. The lowest BCUT2D eigenvalue weighted by molar-refractivity contribution is 0.0339. The fourth-order valence-corrected chi connectivity index (χ4v) is 7.22. The number of carbonyl (C=O) groups excluding carboxylic acids is 2. The third-order valence-electron chi connectivity index (χ3n) is 7.51. The zero-order valence-corrected chi connectivity index (χ0v) is 24.1. The molecule has 1 fully saturated rings. The molecule has 0 saturated heterocycles. The van der Waals surface area contributed by atoms with Crippen molar-refractivity contribution in [3.05, 3.63) is 46.8 Å². The van der Waals surface area contributed by atoms with Gasteiger partial charge in [-0.05, 0) is 63.3 Å². The first-order valence-electron chi connectivity index (χ1n) is 14.1. The molecule has 0 unspecified atom stereocenters. The molecule has 1 amide bonds. The van der Waals surface area contributed by atoms with E-state index in [1.54, 1.807) is 4.68 Å². The lowest BCUT2D eigenvalue weighted by Crippen LogP contribution is -2.28. The number of esters is 1. The fourth-order valence-electron chi connectivity index (χ4n) is 5.37. The molecule has 1 N–H and O–H groups in total. The predicted molar refractivity (Wildman–Crippen MR) is 148 cm³/mol. The molecule has 1 aromatic heterocycles. The molecule has 1 aliphatic heterocycles. The van der Waals surface area contributed by atoms with Crippen molar-refractivity contribution in [2.75, 3.05) is 26.4 Å². The zero-order valence-electron chi connectivity index (χ0n) is 23.3. The number of hydrogen-bond acceptors (Lipinski definition) is 7. The van der Waals surface area contributed by atoms with Crippen molar-refractivity contribution in [2.45, 2.75) is 88.8 Å². The van der Waals surface area contributed by atoms with E-state index < -0.39 is 21.2 Å². The smallest absolute Gasteiger partial charge is 0.338 e. The molecule has 0 radical (unpaired) electrons. The normalized spacial score (nSPS) is 17.8. The SMILES string of the molecule is CCn1nc(CC(C)(C)COC(=O)c2ccc(S(=O)(=O)C3CCCC3)cc2)c2c1C(=O)NCCCOCCC2. The molecule has 1 saturated carbocycles. The maximum absolute atomic E-state index is 13.0. The summed E-state index contributed by atoms with van der Waals surface area (Å²) in [5, 5.41) is 7.44. The highest BCUT2D eigenvalue weighted by Gasteiger charge is 2.31. The van der Waals surface area contributed by atoms with Crippen LogP contribution in [0.4, 0.5) is 0 Å². The van der Waals surface area contributed by atoms with Crippen molar-refractivity contribution >= 4 is 21.7 Å². The Bertz CT molecular complexity index is 1260.